The maximum Gasteiger partial charge on any atom is 0.272 e. The topological polar surface area (TPSA) is 78.4 Å². The molecule has 6 nitrogen and oxygen atoms in total. The van der Waals surface area contributed by atoms with E-state index in [2.05, 4.69) is 33.2 Å². The number of carbonyl (C=O) groups excluding carboxylic acids is 1. The minimum Gasteiger partial charge on any atom is -0.394 e. The number of rotatable bonds is 2. The van der Waals surface area contributed by atoms with E-state index in [1.807, 2.05) is 35.2 Å². The van der Waals surface area contributed by atoms with Crippen LogP contribution in [0.15, 0.2) is 67.1 Å². The van der Waals surface area contributed by atoms with Gasteiger partial charge in [-0.05, 0) is 54.4 Å². The van der Waals surface area contributed by atoms with Crippen LogP contribution in [0.1, 0.15) is 39.6 Å². The van der Waals surface area contributed by atoms with E-state index in [4.69, 9.17) is 0 Å². The zero-order valence-electron chi connectivity index (χ0n) is 16.9. The van der Waals surface area contributed by atoms with E-state index < -0.39 is 0 Å². The van der Waals surface area contributed by atoms with Crippen molar-refractivity contribution < 1.29 is 9.90 Å². The molecule has 1 amide bonds. The second-order valence-corrected chi connectivity index (χ2v) is 7.84. The van der Waals surface area contributed by atoms with Crippen LogP contribution < -0.4 is 5.32 Å². The molecule has 1 saturated heterocycles. The molecule has 5 rings (SSSR count). The van der Waals surface area contributed by atoms with Gasteiger partial charge in [0.05, 0.1) is 18.7 Å². The zero-order valence-corrected chi connectivity index (χ0v) is 16.9. The van der Waals surface area contributed by atoms with Gasteiger partial charge in [-0.25, -0.2) is 0 Å². The van der Waals surface area contributed by atoms with Gasteiger partial charge in [0, 0.05) is 47.9 Å². The highest BCUT2D eigenvalue weighted by molar-refractivity contribution is 5.93. The standard InChI is InChI=1S/C25H22N4O2/c30-16-23-19-10-13-29(25(31)22-5-1-2-12-27-22)24(19)20-14-17(8-9-21(20)28-23)6-7-18-4-3-11-26-15-18/h1-5,8-9,11-12,14-15,19,23-24,28,30H,10,13,16H2/t19-,23-,24-/m0/s1. The van der Waals surface area contributed by atoms with E-state index in [9.17, 15) is 9.90 Å². The first-order valence-electron chi connectivity index (χ1n) is 10.4. The van der Waals surface area contributed by atoms with Crippen molar-refractivity contribution in [2.45, 2.75) is 18.5 Å². The molecule has 0 spiro atoms. The van der Waals surface area contributed by atoms with Gasteiger partial charge in [-0.2, -0.15) is 0 Å². The Labute approximate surface area is 181 Å². The number of fused-ring (bicyclic) bond motifs is 3. The van der Waals surface area contributed by atoms with E-state index in [0.29, 0.717) is 12.2 Å². The molecule has 2 aromatic heterocycles. The van der Waals surface area contributed by atoms with Crippen molar-refractivity contribution in [3.8, 4) is 11.8 Å². The van der Waals surface area contributed by atoms with Gasteiger partial charge in [0.25, 0.3) is 5.91 Å². The average Bonchev–Trinajstić information content (AvgIpc) is 3.28. The second kappa shape index (κ2) is 8.21. The molecule has 0 radical (unpaired) electrons. The molecule has 1 fully saturated rings. The number of carbonyl (C=O) groups is 1. The van der Waals surface area contributed by atoms with Gasteiger partial charge >= 0.3 is 0 Å². The first-order valence-corrected chi connectivity index (χ1v) is 10.4. The van der Waals surface area contributed by atoms with Gasteiger partial charge in [0.1, 0.15) is 5.69 Å². The lowest BCUT2D eigenvalue weighted by atomic mass is 9.82. The van der Waals surface area contributed by atoms with Crippen molar-refractivity contribution in [1.82, 2.24) is 14.9 Å². The number of nitrogens with one attached hydrogen (secondary N) is 1. The third-order valence-electron chi connectivity index (χ3n) is 6.03. The predicted molar refractivity (Wildman–Crippen MR) is 117 cm³/mol. The Kier molecular flexibility index (Phi) is 5.11. The number of pyridine rings is 2. The maximum atomic E-state index is 13.2. The molecule has 2 N–H and O–H groups in total. The maximum absolute atomic E-state index is 13.2. The third kappa shape index (κ3) is 3.65. The molecule has 2 aliphatic heterocycles. The molecule has 31 heavy (non-hydrogen) atoms. The Morgan fingerprint density at radius 3 is 2.81 bits per heavy atom. The molecule has 1 aromatic carbocycles. The highest BCUT2D eigenvalue weighted by atomic mass is 16.3. The smallest absolute Gasteiger partial charge is 0.272 e. The van der Waals surface area contributed by atoms with E-state index >= 15 is 0 Å². The molecule has 4 heterocycles. The zero-order chi connectivity index (χ0) is 21.2. The first kappa shape index (κ1) is 19.3. The summed E-state index contributed by atoms with van der Waals surface area (Å²) in [4.78, 5) is 23.5. The summed E-state index contributed by atoms with van der Waals surface area (Å²) in [5.74, 6) is 6.40. The summed E-state index contributed by atoms with van der Waals surface area (Å²) >= 11 is 0. The lowest BCUT2D eigenvalue weighted by Crippen LogP contribution is -2.43. The van der Waals surface area contributed by atoms with Gasteiger partial charge in [-0.15, -0.1) is 0 Å². The summed E-state index contributed by atoms with van der Waals surface area (Å²) in [5.41, 5.74) is 4.14. The summed E-state index contributed by atoms with van der Waals surface area (Å²) in [7, 11) is 0. The van der Waals surface area contributed by atoms with E-state index in [0.717, 1.165) is 28.8 Å². The van der Waals surface area contributed by atoms with Crippen molar-refractivity contribution in [3.05, 3.63) is 89.5 Å². The largest absolute Gasteiger partial charge is 0.394 e. The quantitative estimate of drug-likeness (QED) is 0.636. The highest BCUT2D eigenvalue weighted by Gasteiger charge is 2.46. The Hall–Kier alpha value is -3.69. The Bertz CT molecular complexity index is 1150. The summed E-state index contributed by atoms with van der Waals surface area (Å²) in [6, 6.07) is 15.0. The van der Waals surface area contributed by atoms with Gasteiger partial charge < -0.3 is 15.3 Å². The second-order valence-electron chi connectivity index (χ2n) is 7.84. The van der Waals surface area contributed by atoms with Gasteiger partial charge in [0.2, 0.25) is 0 Å². The van der Waals surface area contributed by atoms with Crippen LogP contribution in [0.4, 0.5) is 5.69 Å². The number of hydrogen-bond acceptors (Lipinski definition) is 5. The number of aliphatic hydroxyl groups is 1. The fourth-order valence-electron chi connectivity index (χ4n) is 4.59. The molecular formula is C25H22N4O2. The van der Waals surface area contributed by atoms with Crippen molar-refractivity contribution >= 4 is 11.6 Å². The molecule has 154 valence electrons. The van der Waals surface area contributed by atoms with Gasteiger partial charge in [-0.1, -0.05) is 17.9 Å². The van der Waals surface area contributed by atoms with Crippen LogP contribution in [0.2, 0.25) is 0 Å². The summed E-state index contributed by atoms with van der Waals surface area (Å²) in [5, 5.41) is 13.4. The molecule has 0 bridgehead atoms. The van der Waals surface area contributed by atoms with Crippen LogP contribution in [0.5, 0.6) is 0 Å². The molecule has 0 saturated carbocycles. The molecule has 2 aliphatic rings. The van der Waals surface area contributed by atoms with Crippen LogP contribution >= 0.6 is 0 Å². The van der Waals surface area contributed by atoms with E-state index in [1.165, 1.54) is 0 Å². The van der Waals surface area contributed by atoms with Crippen LogP contribution in [-0.2, 0) is 0 Å². The van der Waals surface area contributed by atoms with Crippen LogP contribution in [-0.4, -0.2) is 45.1 Å². The normalized spacial score (nSPS) is 21.3. The van der Waals surface area contributed by atoms with Crippen LogP contribution in [0.25, 0.3) is 0 Å². The first-order chi connectivity index (χ1) is 15.2. The lowest BCUT2D eigenvalue weighted by Gasteiger charge is -2.39. The average molecular weight is 410 g/mol. The number of amides is 1. The fraction of sp³-hybridized carbons (Fsp3) is 0.240. The lowest BCUT2D eigenvalue weighted by molar-refractivity contribution is 0.0695. The number of anilines is 1. The van der Waals surface area contributed by atoms with Crippen LogP contribution in [0, 0.1) is 17.8 Å². The van der Waals surface area contributed by atoms with Crippen LogP contribution in [0.3, 0.4) is 0 Å². The van der Waals surface area contributed by atoms with Crippen molar-refractivity contribution in [2.75, 3.05) is 18.5 Å². The van der Waals surface area contributed by atoms with Crippen molar-refractivity contribution in [3.63, 3.8) is 0 Å². The number of benzene rings is 1. The van der Waals surface area contributed by atoms with E-state index in [-0.39, 0.29) is 30.5 Å². The fourth-order valence-corrected chi connectivity index (χ4v) is 4.59. The summed E-state index contributed by atoms with van der Waals surface area (Å²) in [6.07, 6.45) is 5.92. The van der Waals surface area contributed by atoms with E-state index in [1.54, 1.807) is 30.7 Å². The summed E-state index contributed by atoms with van der Waals surface area (Å²) in [6.45, 7) is 0.655. The molecule has 0 aliphatic carbocycles. The predicted octanol–water partition coefficient (Wildman–Crippen LogP) is 2.87. The number of hydrogen-bond donors (Lipinski definition) is 2. The number of aliphatic hydroxyl groups excluding tert-OH is 1. The minimum absolute atomic E-state index is 0.0226. The Morgan fingerprint density at radius 2 is 2.03 bits per heavy atom. The monoisotopic (exact) mass is 410 g/mol. The third-order valence-corrected chi connectivity index (χ3v) is 6.03. The molecular weight excluding hydrogens is 388 g/mol. The molecule has 3 aromatic rings. The number of aromatic nitrogens is 2. The highest BCUT2D eigenvalue weighted by Crippen LogP contribution is 2.46. The van der Waals surface area contributed by atoms with Crippen molar-refractivity contribution in [2.24, 2.45) is 5.92 Å². The van der Waals surface area contributed by atoms with Gasteiger partial charge in [-0.3, -0.25) is 14.8 Å². The Morgan fingerprint density at radius 1 is 1.13 bits per heavy atom. The molecule has 3 atom stereocenters. The minimum atomic E-state index is -0.122. The number of likely N-dealkylation sites (tertiary alicyclic amines) is 1. The Balaban J connectivity index is 1.52. The molecule has 0 unspecified atom stereocenters. The number of nitrogens with zero attached hydrogens (tertiary/aromatic N) is 3. The van der Waals surface area contributed by atoms with Crippen molar-refractivity contribution in [1.29, 1.82) is 0 Å². The SMILES string of the molecule is O=C(c1ccccn1)N1CC[C@H]2[C@H](CO)Nc3ccc(C#Cc4cccnc4)cc3[C@H]21. The van der Waals surface area contributed by atoms with Gasteiger partial charge in [0.15, 0.2) is 0 Å². The molecule has 6 heteroatoms. The summed E-state index contributed by atoms with van der Waals surface area (Å²) < 4.78 is 0.